The van der Waals surface area contributed by atoms with Crippen LogP contribution in [0.1, 0.15) is 58.9 Å². The molecule has 114 valence electrons. The van der Waals surface area contributed by atoms with Crippen molar-refractivity contribution in [2.24, 2.45) is 23.2 Å². The van der Waals surface area contributed by atoms with Gasteiger partial charge in [0, 0.05) is 6.54 Å². The molecule has 1 aromatic rings. The van der Waals surface area contributed by atoms with E-state index in [0.29, 0.717) is 5.41 Å². The highest BCUT2D eigenvalue weighted by Gasteiger charge is 2.50. The molecule has 0 aliphatic heterocycles. The molecule has 5 rings (SSSR count). The van der Waals surface area contributed by atoms with Crippen LogP contribution in [0.4, 0.5) is 0 Å². The molecule has 4 aliphatic carbocycles. The molecule has 4 bridgehead atoms. The number of aryl methyl sites for hydroxylation is 2. The lowest BCUT2D eigenvalue weighted by molar-refractivity contribution is -0.0503. The molecule has 4 aliphatic rings. The van der Waals surface area contributed by atoms with E-state index in [0.717, 1.165) is 39.9 Å². The lowest BCUT2D eigenvalue weighted by Gasteiger charge is -2.56. The lowest BCUT2D eigenvalue weighted by Crippen LogP contribution is -2.51. The average Bonchev–Trinajstić information content (AvgIpc) is 2.74. The maximum atomic E-state index is 12.4. The van der Waals surface area contributed by atoms with Gasteiger partial charge in [0.05, 0.1) is 10.7 Å². The normalized spacial score (nSPS) is 37.0. The second-order valence-electron chi connectivity index (χ2n) is 7.75. The molecular formula is C17H24N2OS. The van der Waals surface area contributed by atoms with E-state index < -0.39 is 0 Å². The summed E-state index contributed by atoms with van der Waals surface area (Å²) < 4.78 is 0. The van der Waals surface area contributed by atoms with E-state index in [-0.39, 0.29) is 5.91 Å². The van der Waals surface area contributed by atoms with Gasteiger partial charge in [0.1, 0.15) is 4.88 Å². The molecule has 1 N–H and O–H groups in total. The molecule has 0 atom stereocenters. The zero-order chi connectivity index (χ0) is 14.6. The van der Waals surface area contributed by atoms with Crippen LogP contribution in [0.3, 0.4) is 0 Å². The summed E-state index contributed by atoms with van der Waals surface area (Å²) in [7, 11) is 0. The van der Waals surface area contributed by atoms with Crippen molar-refractivity contribution in [2.75, 3.05) is 6.54 Å². The number of nitrogens with one attached hydrogen (secondary N) is 1. The Balaban J connectivity index is 1.45. The summed E-state index contributed by atoms with van der Waals surface area (Å²) in [6.07, 6.45) is 8.42. The zero-order valence-electron chi connectivity index (χ0n) is 12.9. The maximum absolute atomic E-state index is 12.4. The van der Waals surface area contributed by atoms with Gasteiger partial charge in [-0.3, -0.25) is 4.79 Å². The van der Waals surface area contributed by atoms with Crippen molar-refractivity contribution < 1.29 is 4.79 Å². The van der Waals surface area contributed by atoms with Gasteiger partial charge >= 0.3 is 0 Å². The zero-order valence-corrected chi connectivity index (χ0v) is 13.8. The molecule has 0 spiro atoms. The van der Waals surface area contributed by atoms with Crippen LogP contribution in [0.5, 0.6) is 0 Å². The number of thiazole rings is 1. The molecule has 3 nitrogen and oxygen atoms in total. The van der Waals surface area contributed by atoms with Gasteiger partial charge in [-0.25, -0.2) is 4.98 Å². The predicted molar refractivity (Wildman–Crippen MR) is 84.5 cm³/mol. The molecule has 0 radical (unpaired) electrons. The molecule has 1 heterocycles. The largest absolute Gasteiger partial charge is 0.351 e. The highest BCUT2D eigenvalue weighted by molar-refractivity contribution is 7.13. The van der Waals surface area contributed by atoms with E-state index in [9.17, 15) is 4.79 Å². The predicted octanol–water partition coefficient (Wildman–Crippen LogP) is 3.71. The minimum absolute atomic E-state index is 0.0915. The summed E-state index contributed by atoms with van der Waals surface area (Å²) in [4.78, 5) is 17.6. The van der Waals surface area contributed by atoms with E-state index in [2.05, 4.69) is 10.3 Å². The van der Waals surface area contributed by atoms with Gasteiger partial charge in [-0.2, -0.15) is 0 Å². The molecule has 4 fully saturated rings. The number of carbonyl (C=O) groups is 1. The summed E-state index contributed by atoms with van der Waals surface area (Å²) >= 11 is 1.52. The quantitative estimate of drug-likeness (QED) is 0.925. The molecule has 1 aromatic heterocycles. The number of carbonyl (C=O) groups excluding carboxylic acids is 1. The third-order valence-corrected chi connectivity index (χ3v) is 6.97. The molecule has 1 amide bonds. The van der Waals surface area contributed by atoms with Crippen molar-refractivity contribution in [1.29, 1.82) is 0 Å². The number of nitrogens with zero attached hydrogens (tertiary/aromatic N) is 1. The second-order valence-corrected chi connectivity index (χ2v) is 8.95. The Labute approximate surface area is 130 Å². The Hall–Kier alpha value is -0.900. The molecule has 0 unspecified atom stereocenters. The van der Waals surface area contributed by atoms with E-state index in [1.54, 1.807) is 0 Å². The van der Waals surface area contributed by atoms with E-state index >= 15 is 0 Å². The van der Waals surface area contributed by atoms with Crippen molar-refractivity contribution in [1.82, 2.24) is 10.3 Å². The van der Waals surface area contributed by atoms with Crippen LogP contribution in [0, 0.1) is 37.0 Å². The molecule has 4 saturated carbocycles. The Morgan fingerprint density at radius 1 is 1.19 bits per heavy atom. The molecule has 21 heavy (non-hydrogen) atoms. The summed E-state index contributed by atoms with van der Waals surface area (Å²) in [6, 6.07) is 0. The van der Waals surface area contributed by atoms with Crippen LogP contribution in [-0.4, -0.2) is 17.4 Å². The number of hydrogen-bond donors (Lipinski definition) is 1. The highest BCUT2D eigenvalue weighted by Crippen LogP contribution is 2.59. The van der Waals surface area contributed by atoms with Crippen molar-refractivity contribution in [3.63, 3.8) is 0 Å². The first-order valence-corrected chi connectivity index (χ1v) is 9.07. The number of aromatic nitrogens is 1. The smallest absolute Gasteiger partial charge is 0.263 e. The first-order valence-electron chi connectivity index (χ1n) is 8.25. The highest BCUT2D eigenvalue weighted by atomic mass is 32.1. The minimum atomic E-state index is 0.0915. The van der Waals surface area contributed by atoms with Crippen LogP contribution in [0.25, 0.3) is 0 Å². The Bertz CT molecular complexity index is 542. The van der Waals surface area contributed by atoms with Gasteiger partial charge in [-0.05, 0) is 75.5 Å². The third-order valence-electron chi connectivity index (χ3n) is 5.90. The van der Waals surface area contributed by atoms with E-state index in [1.165, 1.54) is 49.9 Å². The van der Waals surface area contributed by atoms with Gasteiger partial charge in [-0.15, -0.1) is 11.3 Å². The minimum Gasteiger partial charge on any atom is -0.351 e. The monoisotopic (exact) mass is 304 g/mol. The second kappa shape index (κ2) is 4.80. The lowest BCUT2D eigenvalue weighted by atomic mass is 9.49. The van der Waals surface area contributed by atoms with Crippen LogP contribution in [-0.2, 0) is 0 Å². The van der Waals surface area contributed by atoms with Gasteiger partial charge in [0.15, 0.2) is 0 Å². The topological polar surface area (TPSA) is 42.0 Å². The van der Waals surface area contributed by atoms with Gasteiger partial charge < -0.3 is 5.32 Å². The van der Waals surface area contributed by atoms with Crippen LogP contribution in [0.15, 0.2) is 0 Å². The summed E-state index contributed by atoms with van der Waals surface area (Å²) in [5.74, 6) is 2.93. The van der Waals surface area contributed by atoms with Gasteiger partial charge in [-0.1, -0.05) is 0 Å². The summed E-state index contributed by atoms with van der Waals surface area (Å²) in [6.45, 7) is 4.78. The van der Waals surface area contributed by atoms with Crippen LogP contribution >= 0.6 is 11.3 Å². The molecular weight excluding hydrogens is 280 g/mol. The van der Waals surface area contributed by atoms with Crippen molar-refractivity contribution in [3.05, 3.63) is 15.6 Å². The van der Waals surface area contributed by atoms with Crippen LogP contribution in [0.2, 0.25) is 0 Å². The van der Waals surface area contributed by atoms with Gasteiger partial charge in [0.25, 0.3) is 5.91 Å². The number of rotatable bonds is 3. The van der Waals surface area contributed by atoms with Gasteiger partial charge in [0.2, 0.25) is 0 Å². The van der Waals surface area contributed by atoms with E-state index in [1.807, 2.05) is 13.8 Å². The third kappa shape index (κ3) is 2.41. The number of amides is 1. The van der Waals surface area contributed by atoms with Crippen molar-refractivity contribution >= 4 is 17.2 Å². The molecule has 0 aromatic carbocycles. The first-order chi connectivity index (χ1) is 10.0. The summed E-state index contributed by atoms with van der Waals surface area (Å²) in [5.41, 5.74) is 1.29. The fourth-order valence-corrected chi connectivity index (χ4v) is 6.43. The summed E-state index contributed by atoms with van der Waals surface area (Å²) in [5, 5.41) is 4.22. The Morgan fingerprint density at radius 3 is 2.24 bits per heavy atom. The number of hydrogen-bond acceptors (Lipinski definition) is 3. The maximum Gasteiger partial charge on any atom is 0.263 e. The fourth-order valence-electron chi connectivity index (χ4n) is 5.60. The average molecular weight is 304 g/mol. The Kier molecular flexibility index (Phi) is 3.14. The van der Waals surface area contributed by atoms with Crippen LogP contribution < -0.4 is 5.32 Å². The standard InChI is InChI=1S/C17H24N2OS/c1-10-15(21-11(2)19-10)16(20)18-9-17-6-12-3-13(7-17)5-14(4-12)8-17/h12-14H,3-9H2,1-2H3,(H,18,20). The van der Waals surface area contributed by atoms with Crippen molar-refractivity contribution in [2.45, 2.75) is 52.4 Å². The van der Waals surface area contributed by atoms with Crippen molar-refractivity contribution in [3.8, 4) is 0 Å². The van der Waals surface area contributed by atoms with E-state index in [4.69, 9.17) is 0 Å². The Morgan fingerprint density at radius 2 is 1.76 bits per heavy atom. The first kappa shape index (κ1) is 13.7. The molecule has 4 heteroatoms. The molecule has 0 saturated heterocycles. The fraction of sp³-hybridized carbons (Fsp3) is 0.765. The SMILES string of the molecule is Cc1nc(C)c(C(=O)NCC23CC4CC(CC(C4)C2)C3)s1.